The van der Waals surface area contributed by atoms with E-state index in [1.165, 1.54) is 0 Å². The molecule has 0 spiro atoms. The van der Waals surface area contributed by atoms with Gasteiger partial charge in [0.25, 0.3) is 5.91 Å². The molecular formula is C14H17N5O2. The van der Waals surface area contributed by atoms with Crippen molar-refractivity contribution in [1.82, 2.24) is 25.5 Å². The number of aliphatic hydroxyl groups excluding tert-OH is 1. The number of carbonyl (C=O) groups excluding carboxylic acids is 1. The molecule has 3 rings (SSSR count). The topological polar surface area (TPSA) is 95.0 Å². The van der Waals surface area contributed by atoms with Crippen LogP contribution in [0.3, 0.4) is 0 Å². The molecule has 1 saturated carbocycles. The van der Waals surface area contributed by atoms with E-state index in [0.29, 0.717) is 17.9 Å². The van der Waals surface area contributed by atoms with Gasteiger partial charge in [-0.2, -0.15) is 5.21 Å². The van der Waals surface area contributed by atoms with Crippen LogP contribution in [0.25, 0.3) is 11.4 Å². The summed E-state index contributed by atoms with van der Waals surface area (Å²) in [5.74, 6) is 0.404. The molecule has 1 aliphatic carbocycles. The molecule has 7 heteroatoms. The molecule has 1 fully saturated rings. The standard InChI is InChI=1S/C14H17N5O2/c20-8-7-19(12-5-2-6-12)14(21)11-4-1-3-10(9-11)13-15-17-18-16-13/h1,3-4,9,12,20H,2,5-8H2,(H,15,16,17,18). The number of carbonyl (C=O) groups is 1. The number of hydrogen-bond donors (Lipinski definition) is 2. The number of aromatic nitrogens is 4. The Bertz CT molecular complexity index is 610. The van der Waals surface area contributed by atoms with Gasteiger partial charge in [-0.3, -0.25) is 4.79 Å². The highest BCUT2D eigenvalue weighted by atomic mass is 16.3. The molecule has 1 aromatic heterocycles. The van der Waals surface area contributed by atoms with Crippen molar-refractivity contribution in [2.45, 2.75) is 25.3 Å². The van der Waals surface area contributed by atoms with Crippen LogP contribution in [0, 0.1) is 0 Å². The third-order valence-electron chi connectivity index (χ3n) is 3.83. The van der Waals surface area contributed by atoms with Gasteiger partial charge in [0.2, 0.25) is 5.82 Å². The number of H-pyrrole nitrogens is 1. The minimum atomic E-state index is -0.0564. The van der Waals surface area contributed by atoms with Crippen molar-refractivity contribution < 1.29 is 9.90 Å². The average Bonchev–Trinajstić information content (AvgIpc) is 2.98. The summed E-state index contributed by atoms with van der Waals surface area (Å²) in [5, 5.41) is 22.9. The van der Waals surface area contributed by atoms with E-state index in [1.54, 1.807) is 23.1 Å². The lowest BCUT2D eigenvalue weighted by Gasteiger charge is -2.37. The van der Waals surface area contributed by atoms with Crippen molar-refractivity contribution in [2.75, 3.05) is 13.2 Å². The first-order valence-electron chi connectivity index (χ1n) is 7.05. The zero-order chi connectivity index (χ0) is 14.7. The summed E-state index contributed by atoms with van der Waals surface area (Å²) in [6, 6.07) is 7.42. The number of nitrogens with zero attached hydrogens (tertiary/aromatic N) is 4. The molecule has 0 aliphatic heterocycles. The van der Waals surface area contributed by atoms with E-state index in [4.69, 9.17) is 0 Å². The normalized spacial score (nSPS) is 14.7. The molecule has 1 heterocycles. The number of amides is 1. The highest BCUT2D eigenvalue weighted by Gasteiger charge is 2.29. The van der Waals surface area contributed by atoms with E-state index in [1.807, 2.05) is 6.07 Å². The molecule has 7 nitrogen and oxygen atoms in total. The van der Waals surface area contributed by atoms with Gasteiger partial charge in [0.1, 0.15) is 0 Å². The maximum atomic E-state index is 12.6. The number of aliphatic hydroxyl groups is 1. The summed E-state index contributed by atoms with van der Waals surface area (Å²) >= 11 is 0. The first-order valence-corrected chi connectivity index (χ1v) is 7.05. The lowest BCUT2D eigenvalue weighted by molar-refractivity contribution is 0.0526. The van der Waals surface area contributed by atoms with E-state index < -0.39 is 0 Å². The number of hydrogen-bond acceptors (Lipinski definition) is 5. The van der Waals surface area contributed by atoms with E-state index in [0.717, 1.165) is 24.8 Å². The van der Waals surface area contributed by atoms with Crippen LogP contribution >= 0.6 is 0 Å². The van der Waals surface area contributed by atoms with Crippen molar-refractivity contribution in [3.63, 3.8) is 0 Å². The molecule has 2 aromatic rings. The molecule has 2 N–H and O–H groups in total. The molecule has 0 atom stereocenters. The highest BCUT2D eigenvalue weighted by Crippen LogP contribution is 2.26. The molecule has 0 unspecified atom stereocenters. The second kappa shape index (κ2) is 6.01. The van der Waals surface area contributed by atoms with Crippen LogP contribution < -0.4 is 0 Å². The van der Waals surface area contributed by atoms with E-state index >= 15 is 0 Å². The molecular weight excluding hydrogens is 270 g/mol. The Morgan fingerprint density at radius 1 is 1.43 bits per heavy atom. The summed E-state index contributed by atoms with van der Waals surface area (Å²) in [6.07, 6.45) is 3.16. The van der Waals surface area contributed by atoms with E-state index in [-0.39, 0.29) is 18.6 Å². The van der Waals surface area contributed by atoms with Gasteiger partial charge in [-0.15, -0.1) is 10.2 Å². The monoisotopic (exact) mass is 287 g/mol. The predicted octanol–water partition coefficient (Wildman–Crippen LogP) is 0.854. The van der Waals surface area contributed by atoms with Crippen LogP contribution in [0.4, 0.5) is 0 Å². The lowest BCUT2D eigenvalue weighted by Crippen LogP contribution is -2.45. The van der Waals surface area contributed by atoms with Crippen molar-refractivity contribution >= 4 is 5.91 Å². The van der Waals surface area contributed by atoms with Gasteiger partial charge in [-0.1, -0.05) is 12.1 Å². The third kappa shape index (κ3) is 2.78. The number of rotatable bonds is 5. The minimum Gasteiger partial charge on any atom is -0.395 e. The van der Waals surface area contributed by atoms with Gasteiger partial charge in [-0.05, 0) is 36.6 Å². The van der Waals surface area contributed by atoms with Gasteiger partial charge >= 0.3 is 0 Å². The fourth-order valence-corrected chi connectivity index (χ4v) is 2.50. The molecule has 0 bridgehead atoms. The fourth-order valence-electron chi connectivity index (χ4n) is 2.50. The smallest absolute Gasteiger partial charge is 0.254 e. The zero-order valence-electron chi connectivity index (χ0n) is 11.6. The van der Waals surface area contributed by atoms with Crippen LogP contribution in [0.5, 0.6) is 0 Å². The summed E-state index contributed by atoms with van der Waals surface area (Å²) < 4.78 is 0. The first-order chi connectivity index (χ1) is 10.3. The Labute approximate surface area is 122 Å². The van der Waals surface area contributed by atoms with Crippen molar-refractivity contribution in [2.24, 2.45) is 0 Å². The molecule has 21 heavy (non-hydrogen) atoms. The minimum absolute atomic E-state index is 0.0211. The maximum Gasteiger partial charge on any atom is 0.254 e. The van der Waals surface area contributed by atoms with Crippen molar-refractivity contribution in [3.8, 4) is 11.4 Å². The van der Waals surface area contributed by atoms with Crippen LogP contribution in [0.1, 0.15) is 29.6 Å². The Hall–Kier alpha value is -2.28. The number of aromatic amines is 1. The van der Waals surface area contributed by atoms with E-state index in [2.05, 4.69) is 20.6 Å². The third-order valence-corrected chi connectivity index (χ3v) is 3.83. The number of nitrogens with one attached hydrogen (secondary N) is 1. The van der Waals surface area contributed by atoms with Crippen LogP contribution in [0.2, 0.25) is 0 Å². The Morgan fingerprint density at radius 2 is 2.29 bits per heavy atom. The summed E-state index contributed by atoms with van der Waals surface area (Å²) in [4.78, 5) is 14.4. The molecule has 1 aromatic carbocycles. The van der Waals surface area contributed by atoms with Gasteiger partial charge in [0, 0.05) is 23.7 Å². The molecule has 0 saturated heterocycles. The van der Waals surface area contributed by atoms with Crippen LogP contribution in [0.15, 0.2) is 24.3 Å². The Balaban J connectivity index is 1.84. The van der Waals surface area contributed by atoms with Crippen molar-refractivity contribution in [3.05, 3.63) is 29.8 Å². The number of benzene rings is 1. The molecule has 110 valence electrons. The van der Waals surface area contributed by atoms with Crippen molar-refractivity contribution in [1.29, 1.82) is 0 Å². The van der Waals surface area contributed by atoms with E-state index in [9.17, 15) is 9.90 Å². The molecule has 1 aliphatic rings. The lowest BCUT2D eigenvalue weighted by atomic mass is 9.91. The second-order valence-electron chi connectivity index (χ2n) is 5.12. The second-order valence-corrected chi connectivity index (χ2v) is 5.12. The predicted molar refractivity (Wildman–Crippen MR) is 75.4 cm³/mol. The maximum absolute atomic E-state index is 12.6. The Kier molecular flexibility index (Phi) is 3.92. The molecule has 0 radical (unpaired) electrons. The quantitative estimate of drug-likeness (QED) is 0.850. The van der Waals surface area contributed by atoms with Gasteiger partial charge in [0.15, 0.2) is 0 Å². The SMILES string of the molecule is O=C(c1cccc(-c2nn[nH]n2)c1)N(CCO)C1CCC1. The number of tetrazole rings is 1. The van der Waals surface area contributed by atoms with Gasteiger partial charge < -0.3 is 10.0 Å². The largest absolute Gasteiger partial charge is 0.395 e. The fraction of sp³-hybridized carbons (Fsp3) is 0.429. The molecule has 1 amide bonds. The average molecular weight is 287 g/mol. The van der Waals surface area contributed by atoms with Gasteiger partial charge in [0.05, 0.1) is 6.61 Å². The first kappa shape index (κ1) is 13.7. The highest BCUT2D eigenvalue weighted by molar-refractivity contribution is 5.95. The van der Waals surface area contributed by atoms with Gasteiger partial charge in [-0.25, -0.2) is 0 Å². The van der Waals surface area contributed by atoms with Crippen LogP contribution in [-0.4, -0.2) is 55.7 Å². The summed E-state index contributed by atoms with van der Waals surface area (Å²) in [7, 11) is 0. The summed E-state index contributed by atoms with van der Waals surface area (Å²) in [6.45, 7) is 0.350. The summed E-state index contributed by atoms with van der Waals surface area (Å²) in [5.41, 5.74) is 1.32. The zero-order valence-corrected chi connectivity index (χ0v) is 11.6. The van der Waals surface area contributed by atoms with Crippen LogP contribution in [-0.2, 0) is 0 Å². The Morgan fingerprint density at radius 3 is 2.90 bits per heavy atom.